The van der Waals surface area contributed by atoms with Crippen LogP contribution in [0.3, 0.4) is 0 Å². The van der Waals surface area contributed by atoms with Crippen LogP contribution in [-0.4, -0.2) is 48.0 Å². The summed E-state index contributed by atoms with van der Waals surface area (Å²) in [6.07, 6.45) is -1.89. The van der Waals surface area contributed by atoms with E-state index in [0.29, 0.717) is 6.61 Å². The predicted molar refractivity (Wildman–Crippen MR) is 72.9 cm³/mol. The van der Waals surface area contributed by atoms with Gasteiger partial charge >= 0.3 is 0 Å². The Balaban J connectivity index is 1.91. The van der Waals surface area contributed by atoms with E-state index in [2.05, 4.69) is 6.58 Å². The molecule has 2 rings (SSSR count). The minimum atomic E-state index is -1.04. The molecule has 0 saturated carbocycles. The summed E-state index contributed by atoms with van der Waals surface area (Å²) < 4.78 is 16.1. The highest BCUT2D eigenvalue weighted by molar-refractivity contribution is 5.13. The second kappa shape index (κ2) is 7.52. The van der Waals surface area contributed by atoms with E-state index >= 15 is 0 Å². The summed E-state index contributed by atoms with van der Waals surface area (Å²) in [4.78, 5) is 0. The van der Waals surface area contributed by atoms with Crippen molar-refractivity contribution >= 4 is 0 Å². The molecule has 5 heteroatoms. The summed E-state index contributed by atoms with van der Waals surface area (Å²) in [5.41, 5.74) is 0.974. The fraction of sp³-hybridized carbons (Fsp3) is 0.467. The second-order valence-electron chi connectivity index (χ2n) is 4.64. The van der Waals surface area contributed by atoms with Crippen molar-refractivity contribution in [1.29, 1.82) is 0 Å². The number of benzene rings is 1. The van der Waals surface area contributed by atoms with Crippen LogP contribution in [0.15, 0.2) is 43.0 Å². The zero-order valence-corrected chi connectivity index (χ0v) is 11.2. The minimum absolute atomic E-state index is 0.0678. The minimum Gasteiger partial charge on any atom is -0.388 e. The molecule has 1 aliphatic heterocycles. The maximum Gasteiger partial charge on any atom is 0.186 e. The van der Waals surface area contributed by atoms with E-state index in [1.807, 2.05) is 30.3 Å². The lowest BCUT2D eigenvalue weighted by atomic mass is 10.1. The Morgan fingerprint density at radius 2 is 2.00 bits per heavy atom. The Hall–Kier alpha value is -1.24. The Morgan fingerprint density at radius 1 is 1.25 bits per heavy atom. The Bertz CT molecular complexity index is 408. The highest BCUT2D eigenvalue weighted by Crippen LogP contribution is 2.20. The van der Waals surface area contributed by atoms with Crippen molar-refractivity contribution in [3.63, 3.8) is 0 Å². The molecule has 5 nitrogen and oxygen atoms in total. The van der Waals surface area contributed by atoms with Crippen molar-refractivity contribution in [2.24, 2.45) is 0 Å². The van der Waals surface area contributed by atoms with Gasteiger partial charge in [-0.2, -0.15) is 0 Å². The number of ether oxygens (including phenoxy) is 3. The van der Waals surface area contributed by atoms with Gasteiger partial charge in [-0.05, 0) is 5.56 Å². The van der Waals surface area contributed by atoms with E-state index in [4.69, 9.17) is 14.2 Å². The lowest BCUT2D eigenvalue weighted by molar-refractivity contribution is -0.276. The van der Waals surface area contributed by atoms with Crippen LogP contribution in [0.4, 0.5) is 0 Å². The summed E-state index contributed by atoms with van der Waals surface area (Å²) >= 11 is 0. The van der Waals surface area contributed by atoms with Crippen molar-refractivity contribution in [2.45, 2.75) is 31.2 Å². The molecule has 0 unspecified atom stereocenters. The van der Waals surface area contributed by atoms with Crippen LogP contribution >= 0.6 is 0 Å². The second-order valence-corrected chi connectivity index (χ2v) is 4.64. The van der Waals surface area contributed by atoms with Gasteiger partial charge in [0, 0.05) is 0 Å². The van der Waals surface area contributed by atoms with E-state index < -0.39 is 24.6 Å². The maximum atomic E-state index is 10.1. The van der Waals surface area contributed by atoms with E-state index in [0.717, 1.165) is 5.56 Å². The molecule has 0 amide bonds. The molecule has 110 valence electrons. The summed E-state index contributed by atoms with van der Waals surface area (Å²) in [5.74, 6) is 0. The quantitative estimate of drug-likeness (QED) is 0.756. The number of aliphatic hydroxyl groups is 2. The number of hydrogen-bond donors (Lipinski definition) is 2. The molecule has 1 saturated heterocycles. The first-order valence-electron chi connectivity index (χ1n) is 6.58. The van der Waals surface area contributed by atoms with Gasteiger partial charge in [-0.3, -0.25) is 0 Å². The average Bonchev–Trinajstić information content (AvgIpc) is 2.47. The largest absolute Gasteiger partial charge is 0.388 e. The van der Waals surface area contributed by atoms with Gasteiger partial charge in [0.2, 0.25) is 0 Å². The van der Waals surface area contributed by atoms with Gasteiger partial charge in [0.15, 0.2) is 6.29 Å². The molecule has 1 heterocycles. The standard InChI is InChI=1S/C15H20O5/c1-2-8-18-15-13(17)14(12(16)10-20-15)19-9-11-6-4-3-5-7-11/h2-7,12-17H,1,8-10H2/t12-,13+,14+,15+/m0/s1. The van der Waals surface area contributed by atoms with Crippen molar-refractivity contribution in [3.8, 4) is 0 Å². The highest BCUT2D eigenvalue weighted by Gasteiger charge is 2.40. The molecule has 2 N–H and O–H groups in total. The lowest BCUT2D eigenvalue weighted by Gasteiger charge is -2.37. The predicted octanol–water partition coefficient (Wildman–Crippen LogP) is 0.853. The molecule has 4 atom stereocenters. The molecule has 1 aromatic carbocycles. The number of rotatable bonds is 6. The van der Waals surface area contributed by atoms with Gasteiger partial charge < -0.3 is 24.4 Å². The molecule has 0 bridgehead atoms. The molecule has 0 aromatic heterocycles. The Morgan fingerprint density at radius 3 is 2.70 bits per heavy atom. The van der Waals surface area contributed by atoms with Crippen molar-refractivity contribution in [3.05, 3.63) is 48.6 Å². The number of hydrogen-bond acceptors (Lipinski definition) is 5. The smallest absolute Gasteiger partial charge is 0.186 e. The van der Waals surface area contributed by atoms with E-state index in [1.165, 1.54) is 0 Å². The van der Waals surface area contributed by atoms with Gasteiger partial charge in [-0.15, -0.1) is 6.58 Å². The van der Waals surface area contributed by atoms with Crippen LogP contribution in [0.1, 0.15) is 5.56 Å². The summed E-state index contributed by atoms with van der Waals surface area (Å²) in [7, 11) is 0. The van der Waals surface area contributed by atoms with E-state index in [1.54, 1.807) is 6.08 Å². The molecule has 1 aliphatic rings. The molecule has 0 aliphatic carbocycles. The van der Waals surface area contributed by atoms with E-state index in [-0.39, 0.29) is 13.2 Å². The third-order valence-electron chi connectivity index (χ3n) is 3.09. The molecular weight excluding hydrogens is 260 g/mol. The monoisotopic (exact) mass is 280 g/mol. The normalized spacial score (nSPS) is 30.1. The van der Waals surface area contributed by atoms with Crippen LogP contribution in [0, 0.1) is 0 Å². The first kappa shape index (κ1) is 15.2. The van der Waals surface area contributed by atoms with Gasteiger partial charge in [0.1, 0.15) is 18.3 Å². The van der Waals surface area contributed by atoms with Gasteiger partial charge in [0.05, 0.1) is 19.8 Å². The van der Waals surface area contributed by atoms with Crippen LogP contribution in [0.25, 0.3) is 0 Å². The van der Waals surface area contributed by atoms with Gasteiger partial charge in [0.25, 0.3) is 0 Å². The molecular formula is C15H20O5. The third kappa shape index (κ3) is 3.88. The molecule has 1 fully saturated rings. The molecule has 1 aromatic rings. The topological polar surface area (TPSA) is 68.2 Å². The fourth-order valence-electron chi connectivity index (χ4n) is 2.06. The summed E-state index contributed by atoms with van der Waals surface area (Å²) in [6, 6.07) is 9.57. The number of aliphatic hydroxyl groups excluding tert-OH is 2. The SMILES string of the molecule is C=CCO[C@@H]1OC[C@H](O)[C@@H](OCc2ccccc2)[C@H]1O. The van der Waals surface area contributed by atoms with Crippen molar-refractivity contribution in [2.75, 3.05) is 13.2 Å². The van der Waals surface area contributed by atoms with Crippen LogP contribution < -0.4 is 0 Å². The first-order valence-corrected chi connectivity index (χ1v) is 6.58. The van der Waals surface area contributed by atoms with E-state index in [9.17, 15) is 10.2 Å². The average molecular weight is 280 g/mol. The lowest BCUT2D eigenvalue weighted by Crippen LogP contribution is -2.54. The molecule has 20 heavy (non-hydrogen) atoms. The van der Waals surface area contributed by atoms with Crippen molar-refractivity contribution in [1.82, 2.24) is 0 Å². The maximum absolute atomic E-state index is 10.1. The van der Waals surface area contributed by atoms with Crippen LogP contribution in [-0.2, 0) is 20.8 Å². The van der Waals surface area contributed by atoms with Crippen molar-refractivity contribution < 1.29 is 24.4 Å². The highest BCUT2D eigenvalue weighted by atomic mass is 16.7. The van der Waals surface area contributed by atoms with Gasteiger partial charge in [-0.1, -0.05) is 36.4 Å². The zero-order valence-electron chi connectivity index (χ0n) is 11.2. The zero-order chi connectivity index (χ0) is 14.4. The van der Waals surface area contributed by atoms with Gasteiger partial charge in [-0.25, -0.2) is 0 Å². The van der Waals surface area contributed by atoms with Crippen LogP contribution in [0.5, 0.6) is 0 Å². The molecule has 0 radical (unpaired) electrons. The summed E-state index contributed by atoms with van der Waals surface area (Å²) in [6.45, 7) is 4.19. The van der Waals surface area contributed by atoms with Crippen LogP contribution in [0.2, 0.25) is 0 Å². The Labute approximate surface area is 118 Å². The first-order chi connectivity index (χ1) is 9.72. The fourth-order valence-corrected chi connectivity index (χ4v) is 2.06. The molecule has 0 spiro atoms. The Kier molecular flexibility index (Phi) is 5.70. The summed E-state index contributed by atoms with van der Waals surface area (Å²) in [5, 5.41) is 20.0. The third-order valence-corrected chi connectivity index (χ3v) is 3.09.